The number of carbonyl (C=O) groups is 1. The minimum atomic E-state index is -0.148. The zero-order valence-electron chi connectivity index (χ0n) is 12.6. The predicted octanol–water partition coefficient (Wildman–Crippen LogP) is 3.91. The van der Waals surface area contributed by atoms with E-state index in [1.807, 2.05) is 6.07 Å². The van der Waals surface area contributed by atoms with Crippen LogP contribution in [-0.2, 0) is 4.79 Å². The Morgan fingerprint density at radius 1 is 1.38 bits per heavy atom. The summed E-state index contributed by atoms with van der Waals surface area (Å²) < 4.78 is 5.45. The van der Waals surface area contributed by atoms with E-state index >= 15 is 0 Å². The number of fused-ring (bicyclic) bond motifs is 1. The lowest BCUT2D eigenvalue weighted by atomic mass is 9.91. The molecule has 1 fully saturated rings. The number of ether oxygens (including phenoxy) is 1. The largest absolute Gasteiger partial charge is 0.482 e. The van der Waals surface area contributed by atoms with Crippen molar-refractivity contribution in [1.82, 2.24) is 0 Å². The molecule has 1 amide bonds. The third-order valence-electron chi connectivity index (χ3n) is 4.38. The molecule has 2 aliphatic rings. The van der Waals surface area contributed by atoms with Crippen LogP contribution >= 0.6 is 11.6 Å². The molecule has 0 aromatic heterocycles. The van der Waals surface area contributed by atoms with E-state index in [0.29, 0.717) is 33.8 Å². The van der Waals surface area contributed by atoms with E-state index in [2.05, 4.69) is 31.4 Å². The van der Waals surface area contributed by atoms with Gasteiger partial charge in [0.1, 0.15) is 5.75 Å². The van der Waals surface area contributed by atoms with Gasteiger partial charge in [0.25, 0.3) is 5.91 Å². The Balaban J connectivity index is 1.82. The second kappa shape index (κ2) is 5.09. The minimum Gasteiger partial charge on any atom is -0.482 e. The molecule has 21 heavy (non-hydrogen) atoms. The summed E-state index contributed by atoms with van der Waals surface area (Å²) in [7, 11) is 0. The maximum Gasteiger partial charge on any atom is 0.262 e. The van der Waals surface area contributed by atoms with E-state index in [4.69, 9.17) is 16.3 Å². The second-order valence-corrected chi connectivity index (χ2v) is 7.37. The molecule has 2 N–H and O–H groups in total. The summed E-state index contributed by atoms with van der Waals surface area (Å²) in [5.41, 5.74) is 1.88. The molecule has 3 rings (SSSR count). The normalized spacial score (nSPS) is 26.8. The lowest BCUT2D eigenvalue weighted by molar-refractivity contribution is -0.118. The van der Waals surface area contributed by atoms with Crippen molar-refractivity contribution < 1.29 is 9.53 Å². The van der Waals surface area contributed by atoms with Gasteiger partial charge >= 0.3 is 0 Å². The van der Waals surface area contributed by atoms with E-state index in [1.54, 1.807) is 6.07 Å². The van der Waals surface area contributed by atoms with Crippen LogP contribution in [0.5, 0.6) is 5.75 Å². The molecule has 1 aromatic rings. The summed E-state index contributed by atoms with van der Waals surface area (Å²) >= 11 is 6.34. The first kappa shape index (κ1) is 14.5. The lowest BCUT2D eigenvalue weighted by Crippen LogP contribution is -2.26. The summed E-state index contributed by atoms with van der Waals surface area (Å²) in [5.74, 6) is 1.13. The van der Waals surface area contributed by atoms with Crippen LogP contribution in [0.1, 0.15) is 33.6 Å². The third-order valence-corrected chi connectivity index (χ3v) is 4.69. The number of benzene rings is 1. The van der Waals surface area contributed by atoms with Crippen LogP contribution in [0.25, 0.3) is 0 Å². The van der Waals surface area contributed by atoms with Crippen LogP contribution in [0.15, 0.2) is 12.1 Å². The molecule has 1 aliphatic heterocycles. The molecule has 114 valence electrons. The Labute approximate surface area is 130 Å². The zero-order valence-corrected chi connectivity index (χ0v) is 13.4. The molecular formula is C16H21ClN2O2. The maximum absolute atomic E-state index is 11.3. The molecule has 0 spiro atoms. The number of hydrogen-bond donors (Lipinski definition) is 2. The fourth-order valence-electron chi connectivity index (χ4n) is 3.50. The first-order chi connectivity index (χ1) is 9.84. The van der Waals surface area contributed by atoms with Crippen molar-refractivity contribution in [2.45, 2.75) is 39.7 Å². The van der Waals surface area contributed by atoms with Gasteiger partial charge in [-0.3, -0.25) is 4.79 Å². The lowest BCUT2D eigenvalue weighted by Gasteiger charge is -2.23. The minimum absolute atomic E-state index is 0.0565. The van der Waals surface area contributed by atoms with Gasteiger partial charge in [-0.2, -0.15) is 0 Å². The number of rotatable bonds is 2. The highest BCUT2D eigenvalue weighted by molar-refractivity contribution is 6.33. The summed E-state index contributed by atoms with van der Waals surface area (Å²) in [6.07, 6.45) is 2.33. The highest BCUT2D eigenvalue weighted by atomic mass is 35.5. The molecule has 5 heteroatoms. The summed E-state index contributed by atoms with van der Waals surface area (Å²) in [5, 5.41) is 6.93. The highest BCUT2D eigenvalue weighted by Gasteiger charge is 2.36. The number of carbonyl (C=O) groups excluding carboxylic acids is 1. The van der Waals surface area contributed by atoms with Crippen LogP contribution in [-0.4, -0.2) is 18.6 Å². The van der Waals surface area contributed by atoms with Gasteiger partial charge in [0, 0.05) is 12.1 Å². The Bertz CT molecular complexity index is 586. The van der Waals surface area contributed by atoms with Crippen LogP contribution in [0.3, 0.4) is 0 Å². The second-order valence-electron chi connectivity index (χ2n) is 6.97. The number of anilines is 2. The van der Waals surface area contributed by atoms with Gasteiger partial charge in [0.2, 0.25) is 0 Å². The highest BCUT2D eigenvalue weighted by Crippen LogP contribution is 2.44. The molecule has 2 unspecified atom stereocenters. The van der Waals surface area contributed by atoms with E-state index in [0.717, 1.165) is 12.1 Å². The van der Waals surface area contributed by atoms with Crippen molar-refractivity contribution in [1.29, 1.82) is 0 Å². The van der Waals surface area contributed by atoms with Crippen molar-refractivity contribution in [2.75, 3.05) is 17.2 Å². The van der Waals surface area contributed by atoms with Gasteiger partial charge in [-0.25, -0.2) is 0 Å². The van der Waals surface area contributed by atoms with Crippen molar-refractivity contribution in [3.8, 4) is 5.75 Å². The van der Waals surface area contributed by atoms with Crippen molar-refractivity contribution >= 4 is 28.9 Å². The first-order valence-corrected chi connectivity index (χ1v) is 7.75. The first-order valence-electron chi connectivity index (χ1n) is 7.37. The van der Waals surface area contributed by atoms with Crippen LogP contribution in [0.2, 0.25) is 5.02 Å². The molecule has 0 bridgehead atoms. The van der Waals surface area contributed by atoms with Crippen LogP contribution in [0, 0.1) is 11.3 Å². The van der Waals surface area contributed by atoms with Crippen molar-refractivity contribution in [2.24, 2.45) is 11.3 Å². The molecule has 2 atom stereocenters. The fraction of sp³-hybridized carbons (Fsp3) is 0.562. The molecule has 1 saturated carbocycles. The molecule has 1 heterocycles. The number of amides is 1. The maximum atomic E-state index is 11.3. The molecule has 1 aromatic carbocycles. The van der Waals surface area contributed by atoms with Crippen molar-refractivity contribution in [3.05, 3.63) is 17.2 Å². The van der Waals surface area contributed by atoms with Gasteiger partial charge in [-0.15, -0.1) is 0 Å². The van der Waals surface area contributed by atoms with Crippen LogP contribution < -0.4 is 15.4 Å². The van der Waals surface area contributed by atoms with E-state index in [1.165, 1.54) is 6.42 Å². The van der Waals surface area contributed by atoms with Crippen molar-refractivity contribution in [3.63, 3.8) is 0 Å². The fourth-order valence-corrected chi connectivity index (χ4v) is 3.72. The smallest absolute Gasteiger partial charge is 0.262 e. The summed E-state index contributed by atoms with van der Waals surface area (Å²) in [4.78, 5) is 11.3. The standard InChI is InChI=1S/C16H21ClN2O2/c1-9-6-16(2,3)7-13(9)18-11-5-14-12(4-10(11)17)19-15(20)8-21-14/h4-5,9,13,18H,6-8H2,1-3H3,(H,19,20). The Morgan fingerprint density at radius 3 is 2.81 bits per heavy atom. The Hall–Kier alpha value is -1.42. The molecule has 0 saturated heterocycles. The average Bonchev–Trinajstić information content (AvgIpc) is 2.63. The Morgan fingerprint density at radius 2 is 2.14 bits per heavy atom. The monoisotopic (exact) mass is 308 g/mol. The van der Waals surface area contributed by atoms with E-state index in [-0.39, 0.29) is 12.5 Å². The van der Waals surface area contributed by atoms with Gasteiger partial charge in [0.15, 0.2) is 6.61 Å². The summed E-state index contributed by atoms with van der Waals surface area (Å²) in [6, 6.07) is 4.05. The molecule has 4 nitrogen and oxygen atoms in total. The SMILES string of the molecule is CC1CC(C)(C)CC1Nc1cc2c(cc1Cl)NC(=O)CO2. The molecule has 1 aliphatic carbocycles. The quantitative estimate of drug-likeness (QED) is 0.871. The predicted molar refractivity (Wildman–Crippen MR) is 85.2 cm³/mol. The van der Waals surface area contributed by atoms with Gasteiger partial charge in [-0.05, 0) is 30.2 Å². The van der Waals surface area contributed by atoms with E-state index in [9.17, 15) is 4.79 Å². The average molecular weight is 309 g/mol. The molecular weight excluding hydrogens is 288 g/mol. The van der Waals surface area contributed by atoms with E-state index < -0.39 is 0 Å². The summed E-state index contributed by atoms with van der Waals surface area (Å²) in [6.45, 7) is 6.94. The Kier molecular flexibility index (Phi) is 3.52. The molecule has 0 radical (unpaired) electrons. The number of hydrogen-bond acceptors (Lipinski definition) is 3. The van der Waals surface area contributed by atoms with Gasteiger partial charge < -0.3 is 15.4 Å². The van der Waals surface area contributed by atoms with Gasteiger partial charge in [0.05, 0.1) is 16.4 Å². The topological polar surface area (TPSA) is 50.4 Å². The third kappa shape index (κ3) is 2.95. The van der Waals surface area contributed by atoms with Gasteiger partial charge in [-0.1, -0.05) is 32.4 Å². The zero-order chi connectivity index (χ0) is 15.2. The number of nitrogens with one attached hydrogen (secondary N) is 2. The van der Waals surface area contributed by atoms with Crippen LogP contribution in [0.4, 0.5) is 11.4 Å². The number of halogens is 1.